The minimum Gasteiger partial charge on any atom is -0.297 e. The molecule has 21 heavy (non-hydrogen) atoms. The van der Waals surface area contributed by atoms with Crippen molar-refractivity contribution < 1.29 is 13.6 Å². The molecule has 0 heterocycles. The Balaban J connectivity index is 3.07. The Bertz CT molecular complexity index is 480. The van der Waals surface area contributed by atoms with Crippen LogP contribution in [-0.4, -0.2) is 29.3 Å². The van der Waals surface area contributed by atoms with Gasteiger partial charge in [-0.25, -0.2) is 8.78 Å². The predicted octanol–water partition coefficient (Wildman–Crippen LogP) is 3.98. The fourth-order valence-corrected chi connectivity index (χ4v) is 3.10. The molecule has 1 aromatic carbocycles. The largest absolute Gasteiger partial charge is 0.297 e. The number of hydrogen-bond acceptors (Lipinski definition) is 2. The maximum absolute atomic E-state index is 13.8. The Morgan fingerprint density at radius 2 is 1.67 bits per heavy atom. The molecule has 0 radical (unpaired) electrons. The van der Waals surface area contributed by atoms with E-state index in [1.807, 2.05) is 27.7 Å². The maximum Gasteiger partial charge on any atom is 0.157 e. The lowest BCUT2D eigenvalue weighted by atomic mass is 9.83. The van der Waals surface area contributed by atoms with Gasteiger partial charge in [-0.3, -0.25) is 9.69 Å². The van der Waals surface area contributed by atoms with Crippen molar-refractivity contribution in [3.8, 4) is 0 Å². The lowest BCUT2D eigenvalue weighted by Gasteiger charge is -2.41. The molecule has 0 saturated heterocycles. The molecule has 0 atom stereocenters. The molecule has 4 heteroatoms. The summed E-state index contributed by atoms with van der Waals surface area (Å²) in [5.41, 5.74) is -0.301. The van der Waals surface area contributed by atoms with E-state index in [-0.39, 0.29) is 17.8 Å². The lowest BCUT2D eigenvalue weighted by molar-refractivity contribution is -0.131. The normalized spacial score (nSPS) is 12.0. The Morgan fingerprint density at radius 1 is 1.10 bits per heavy atom. The lowest BCUT2D eigenvalue weighted by Crippen LogP contribution is -2.54. The number of rotatable bonds is 8. The number of halogens is 2. The van der Waals surface area contributed by atoms with Gasteiger partial charge < -0.3 is 0 Å². The highest BCUT2D eigenvalue weighted by atomic mass is 19.1. The number of ketones is 1. The summed E-state index contributed by atoms with van der Waals surface area (Å²) in [5.74, 6) is -1.27. The number of nitrogens with zero attached hydrogens (tertiary/aromatic N) is 1. The molecule has 0 spiro atoms. The first-order chi connectivity index (χ1) is 9.94. The summed E-state index contributed by atoms with van der Waals surface area (Å²) in [6.07, 6.45) is 1.38. The number of benzene rings is 1. The van der Waals surface area contributed by atoms with Crippen LogP contribution in [0.2, 0.25) is 0 Å². The van der Waals surface area contributed by atoms with Gasteiger partial charge in [-0.05, 0) is 37.6 Å². The first-order valence-electron chi connectivity index (χ1n) is 7.67. The van der Waals surface area contributed by atoms with E-state index in [1.54, 1.807) is 0 Å². The predicted molar refractivity (Wildman–Crippen MR) is 81.3 cm³/mol. The van der Waals surface area contributed by atoms with Crippen LogP contribution in [0.15, 0.2) is 18.2 Å². The highest BCUT2D eigenvalue weighted by Crippen LogP contribution is 2.27. The molecule has 0 amide bonds. The van der Waals surface area contributed by atoms with Crippen LogP contribution in [0.3, 0.4) is 0 Å². The number of likely N-dealkylation sites (N-methyl/N-ethyl adjacent to an activating group) is 1. The molecule has 0 fully saturated rings. The van der Waals surface area contributed by atoms with E-state index in [9.17, 15) is 13.6 Å². The standard InChI is InChI=1S/C17H25F2NO/c1-5-17(6-2,20(7-3)8-4)16(21)11-13-9-10-14(18)12-15(13)19/h9-10,12H,5-8,11H2,1-4H3. The van der Waals surface area contributed by atoms with Gasteiger partial charge in [0.2, 0.25) is 0 Å². The first kappa shape index (κ1) is 17.8. The molecular weight excluding hydrogens is 272 g/mol. The minimum atomic E-state index is -0.649. The second-order valence-corrected chi connectivity index (χ2v) is 5.25. The molecule has 0 aliphatic heterocycles. The van der Waals surface area contributed by atoms with Gasteiger partial charge in [-0.1, -0.05) is 33.8 Å². The van der Waals surface area contributed by atoms with Crippen molar-refractivity contribution >= 4 is 5.78 Å². The monoisotopic (exact) mass is 297 g/mol. The zero-order valence-electron chi connectivity index (χ0n) is 13.4. The molecule has 2 nitrogen and oxygen atoms in total. The molecule has 0 N–H and O–H groups in total. The molecule has 0 saturated carbocycles. The fourth-order valence-electron chi connectivity index (χ4n) is 3.10. The van der Waals surface area contributed by atoms with Crippen molar-refractivity contribution in [2.75, 3.05) is 13.1 Å². The topological polar surface area (TPSA) is 20.3 Å². The number of hydrogen-bond donors (Lipinski definition) is 0. The van der Waals surface area contributed by atoms with Crippen LogP contribution in [0.1, 0.15) is 46.1 Å². The summed E-state index contributed by atoms with van der Waals surface area (Å²) in [7, 11) is 0. The van der Waals surface area contributed by atoms with Crippen molar-refractivity contribution in [2.24, 2.45) is 0 Å². The van der Waals surface area contributed by atoms with Crippen LogP contribution in [0.5, 0.6) is 0 Å². The minimum absolute atomic E-state index is 0.00158. The summed E-state index contributed by atoms with van der Waals surface area (Å²) in [6.45, 7) is 9.57. The van der Waals surface area contributed by atoms with E-state index in [2.05, 4.69) is 4.90 Å². The SMILES string of the molecule is CCN(CC)C(CC)(CC)C(=O)Cc1ccc(F)cc1F. The van der Waals surface area contributed by atoms with Crippen LogP contribution in [-0.2, 0) is 11.2 Å². The Hall–Kier alpha value is -1.29. The van der Waals surface area contributed by atoms with Crippen molar-refractivity contribution in [1.82, 2.24) is 4.90 Å². The van der Waals surface area contributed by atoms with Crippen LogP contribution >= 0.6 is 0 Å². The van der Waals surface area contributed by atoms with E-state index in [1.165, 1.54) is 12.1 Å². The molecule has 1 rings (SSSR count). The van der Waals surface area contributed by atoms with Gasteiger partial charge in [0.25, 0.3) is 0 Å². The maximum atomic E-state index is 13.8. The van der Waals surface area contributed by atoms with Crippen LogP contribution in [0, 0.1) is 11.6 Å². The second kappa shape index (κ2) is 7.64. The smallest absolute Gasteiger partial charge is 0.157 e. The average molecular weight is 297 g/mol. The van der Waals surface area contributed by atoms with Crippen molar-refractivity contribution in [2.45, 2.75) is 52.5 Å². The van der Waals surface area contributed by atoms with Gasteiger partial charge in [-0.15, -0.1) is 0 Å². The highest BCUT2D eigenvalue weighted by Gasteiger charge is 2.39. The van der Waals surface area contributed by atoms with Crippen LogP contribution < -0.4 is 0 Å². The third-order valence-corrected chi connectivity index (χ3v) is 4.42. The van der Waals surface area contributed by atoms with Gasteiger partial charge >= 0.3 is 0 Å². The first-order valence-corrected chi connectivity index (χ1v) is 7.67. The highest BCUT2D eigenvalue weighted by molar-refractivity contribution is 5.90. The zero-order chi connectivity index (χ0) is 16.0. The number of carbonyl (C=O) groups excluding carboxylic acids is 1. The molecule has 0 bridgehead atoms. The number of Topliss-reactive ketones (excluding diaryl/α,β-unsaturated/α-hetero) is 1. The van der Waals surface area contributed by atoms with E-state index in [4.69, 9.17) is 0 Å². The zero-order valence-corrected chi connectivity index (χ0v) is 13.4. The summed E-state index contributed by atoms with van der Waals surface area (Å²) >= 11 is 0. The van der Waals surface area contributed by atoms with Gasteiger partial charge in [0.15, 0.2) is 5.78 Å². The molecule has 118 valence electrons. The summed E-state index contributed by atoms with van der Waals surface area (Å²) in [4.78, 5) is 14.9. The van der Waals surface area contributed by atoms with E-state index in [0.29, 0.717) is 12.8 Å². The van der Waals surface area contributed by atoms with Gasteiger partial charge in [0.05, 0.1) is 5.54 Å². The van der Waals surface area contributed by atoms with Crippen molar-refractivity contribution in [3.05, 3.63) is 35.4 Å². The fraction of sp³-hybridized carbons (Fsp3) is 0.588. The van der Waals surface area contributed by atoms with E-state index in [0.717, 1.165) is 19.2 Å². The molecular formula is C17H25F2NO. The quantitative estimate of drug-likeness (QED) is 0.723. The van der Waals surface area contributed by atoms with Crippen molar-refractivity contribution in [1.29, 1.82) is 0 Å². The average Bonchev–Trinajstić information content (AvgIpc) is 2.47. The molecule has 0 aromatic heterocycles. The molecule has 0 aliphatic carbocycles. The molecule has 1 aromatic rings. The Kier molecular flexibility index (Phi) is 6.46. The third kappa shape index (κ3) is 3.67. The second-order valence-electron chi connectivity index (χ2n) is 5.25. The van der Waals surface area contributed by atoms with Gasteiger partial charge in [-0.2, -0.15) is 0 Å². The van der Waals surface area contributed by atoms with Crippen LogP contribution in [0.4, 0.5) is 8.78 Å². The van der Waals surface area contributed by atoms with E-state index >= 15 is 0 Å². The third-order valence-electron chi connectivity index (χ3n) is 4.42. The summed E-state index contributed by atoms with van der Waals surface area (Å²) < 4.78 is 26.7. The summed E-state index contributed by atoms with van der Waals surface area (Å²) in [6, 6.07) is 3.39. The molecule has 0 unspecified atom stereocenters. The van der Waals surface area contributed by atoms with Crippen molar-refractivity contribution in [3.63, 3.8) is 0 Å². The number of carbonyl (C=O) groups is 1. The summed E-state index contributed by atoms with van der Waals surface area (Å²) in [5, 5.41) is 0. The Labute approximate surface area is 126 Å². The molecule has 0 aliphatic rings. The Morgan fingerprint density at radius 3 is 2.10 bits per heavy atom. The van der Waals surface area contributed by atoms with Gasteiger partial charge in [0.1, 0.15) is 11.6 Å². The van der Waals surface area contributed by atoms with E-state index < -0.39 is 17.2 Å². The van der Waals surface area contributed by atoms with Crippen LogP contribution in [0.25, 0.3) is 0 Å². The van der Waals surface area contributed by atoms with Gasteiger partial charge in [0, 0.05) is 12.5 Å².